The molecule has 3 nitrogen and oxygen atoms in total. The number of carbonyl (C=O) groups excluding carboxylic acids is 1. The second kappa shape index (κ2) is 3.60. The molecule has 66 valence electrons. The summed E-state index contributed by atoms with van der Waals surface area (Å²) in [6.45, 7) is 9.30. The lowest BCUT2D eigenvalue weighted by molar-refractivity contribution is -1.05. The van der Waals surface area contributed by atoms with Crippen LogP contribution in [-0.4, -0.2) is 11.6 Å². The molecule has 0 radical (unpaired) electrons. The van der Waals surface area contributed by atoms with Crippen LogP contribution >= 0.6 is 0 Å². The van der Waals surface area contributed by atoms with Crippen molar-refractivity contribution < 1.29 is 14.6 Å². The van der Waals surface area contributed by atoms with Gasteiger partial charge in [-0.1, -0.05) is 0 Å². The van der Waals surface area contributed by atoms with Gasteiger partial charge in [0.2, 0.25) is 0 Å². The van der Waals surface area contributed by atoms with Crippen molar-refractivity contribution in [2.45, 2.75) is 40.2 Å². The number of ether oxygens (including phenoxy) is 1. The first-order chi connectivity index (χ1) is 4.87. The van der Waals surface area contributed by atoms with Gasteiger partial charge in [-0.15, -0.1) is 0 Å². The normalized spacial score (nSPS) is 13.8. The third-order valence-corrected chi connectivity index (χ3v) is 0.960. The highest BCUT2D eigenvalue weighted by molar-refractivity contribution is 5.72. The lowest BCUT2D eigenvalue weighted by Crippen LogP contribution is -2.29. The summed E-state index contributed by atoms with van der Waals surface area (Å²) in [5.41, 5.74) is -0.357. The van der Waals surface area contributed by atoms with Crippen LogP contribution in [0.3, 0.4) is 0 Å². The molecule has 0 unspecified atom stereocenters. The first-order valence-corrected chi connectivity index (χ1v) is 3.72. The van der Waals surface area contributed by atoms with Gasteiger partial charge < -0.3 is 9.99 Å². The van der Waals surface area contributed by atoms with E-state index in [2.05, 4.69) is 4.58 Å². The first-order valence-electron chi connectivity index (χ1n) is 3.72. The topological polar surface area (TPSA) is 43.6 Å². The Kier molecular flexibility index (Phi) is 3.36. The van der Waals surface area contributed by atoms with E-state index in [4.69, 9.17) is 4.74 Å². The maximum Gasteiger partial charge on any atom is 0.500 e. The zero-order valence-electron chi connectivity index (χ0n) is 7.80. The van der Waals surface area contributed by atoms with Crippen LogP contribution in [0.15, 0.2) is 0 Å². The molecule has 0 heterocycles. The molecular formula is C8H16O3. The summed E-state index contributed by atoms with van der Waals surface area (Å²) in [5.74, 6) is 0.157. The molecule has 0 N–H and O–H groups in total. The molecule has 0 spiro atoms. The van der Waals surface area contributed by atoms with Crippen molar-refractivity contribution in [2.75, 3.05) is 0 Å². The summed E-state index contributed by atoms with van der Waals surface area (Å²) < 4.78 is 9.06. The van der Waals surface area contributed by atoms with E-state index < -0.39 is 0 Å². The first kappa shape index (κ1) is 10.3. The lowest BCUT2D eigenvalue weighted by Gasteiger charge is -2.12. The van der Waals surface area contributed by atoms with Gasteiger partial charge in [0.1, 0.15) is 5.92 Å². The Balaban J connectivity index is 4.12. The van der Waals surface area contributed by atoms with Crippen molar-refractivity contribution in [1.29, 1.82) is 0 Å². The van der Waals surface area contributed by atoms with Gasteiger partial charge in [-0.3, -0.25) is 4.58 Å². The smallest absolute Gasteiger partial charge is 0.500 e. The predicted octanol–water partition coefficient (Wildman–Crippen LogP) is 0.795. The number of hydrogen-bond donors (Lipinski definition) is 0. The molecule has 0 aromatic rings. The van der Waals surface area contributed by atoms with Gasteiger partial charge in [0.15, 0.2) is 5.60 Å². The van der Waals surface area contributed by atoms with Crippen LogP contribution < -0.4 is 5.26 Å². The van der Waals surface area contributed by atoms with E-state index in [1.165, 1.54) is 0 Å². The maximum absolute atomic E-state index is 10.1. The van der Waals surface area contributed by atoms with Crippen molar-refractivity contribution in [3.63, 3.8) is 0 Å². The zero-order valence-corrected chi connectivity index (χ0v) is 7.80. The number of hydrogen-bond acceptors (Lipinski definition) is 2. The SMILES string of the molecule is CC(C)C(OC(C)(C)C)=[O+][O-]. The molecule has 0 aromatic heterocycles. The minimum absolute atomic E-state index is 0.00623. The second-order valence-electron chi connectivity index (χ2n) is 3.77. The highest BCUT2D eigenvalue weighted by Crippen LogP contribution is 2.10. The highest BCUT2D eigenvalue weighted by atomic mass is 17.1. The maximum atomic E-state index is 10.1. The molecule has 0 saturated heterocycles. The third-order valence-electron chi connectivity index (χ3n) is 0.960. The van der Waals surface area contributed by atoms with E-state index in [-0.39, 0.29) is 17.5 Å². The van der Waals surface area contributed by atoms with E-state index in [0.717, 1.165) is 0 Å². The van der Waals surface area contributed by atoms with Crippen LogP contribution in [0.25, 0.3) is 0 Å². The monoisotopic (exact) mass is 160 g/mol. The molecule has 0 atom stereocenters. The molecule has 3 heteroatoms. The van der Waals surface area contributed by atoms with E-state index in [1.807, 2.05) is 34.6 Å². The molecule has 0 amide bonds. The Morgan fingerprint density at radius 3 is 1.91 bits per heavy atom. The average Bonchev–Trinajstić information content (AvgIpc) is 1.80. The van der Waals surface area contributed by atoms with E-state index in [0.29, 0.717) is 0 Å². The lowest BCUT2D eigenvalue weighted by atomic mass is 10.1. The van der Waals surface area contributed by atoms with Gasteiger partial charge in [-0.05, 0) is 13.8 Å². The van der Waals surface area contributed by atoms with Gasteiger partial charge in [0.25, 0.3) is 0 Å². The van der Waals surface area contributed by atoms with Crippen LogP contribution in [0, 0.1) is 5.92 Å². The van der Waals surface area contributed by atoms with Crippen LogP contribution in [0.1, 0.15) is 34.6 Å². The van der Waals surface area contributed by atoms with E-state index in [9.17, 15) is 5.26 Å². The van der Waals surface area contributed by atoms with E-state index >= 15 is 0 Å². The van der Waals surface area contributed by atoms with Crippen LogP contribution in [0.4, 0.5) is 0 Å². The summed E-state index contributed by atoms with van der Waals surface area (Å²) in [6.07, 6.45) is 0. The molecule has 0 aliphatic carbocycles. The fraction of sp³-hybridized carbons (Fsp3) is 0.875. The van der Waals surface area contributed by atoms with Crippen molar-refractivity contribution in [1.82, 2.24) is 0 Å². The van der Waals surface area contributed by atoms with Crippen LogP contribution in [-0.2, 0) is 9.31 Å². The number of esters is 1. The molecule has 0 bridgehead atoms. The summed E-state index contributed by atoms with van der Waals surface area (Å²) in [7, 11) is 0. The Morgan fingerprint density at radius 1 is 1.36 bits per heavy atom. The fourth-order valence-corrected chi connectivity index (χ4v) is 0.533. The third kappa shape index (κ3) is 4.65. The van der Waals surface area contributed by atoms with Crippen molar-refractivity contribution in [2.24, 2.45) is 5.92 Å². The summed E-state index contributed by atoms with van der Waals surface area (Å²) in [4.78, 5) is 0. The summed E-state index contributed by atoms with van der Waals surface area (Å²) >= 11 is 0. The Labute approximate surface area is 67.6 Å². The Hall–Kier alpha value is -0.730. The van der Waals surface area contributed by atoms with Crippen LogP contribution in [0.2, 0.25) is 0 Å². The molecule has 0 saturated carbocycles. The largest absolute Gasteiger partial charge is 0.588 e. The fourth-order valence-electron chi connectivity index (χ4n) is 0.533. The van der Waals surface area contributed by atoms with Gasteiger partial charge in [-0.25, -0.2) is 0 Å². The molecule has 0 rings (SSSR count). The van der Waals surface area contributed by atoms with E-state index in [1.54, 1.807) is 0 Å². The highest BCUT2D eigenvalue weighted by Gasteiger charge is 2.28. The quantitative estimate of drug-likeness (QED) is 0.246. The zero-order chi connectivity index (χ0) is 9.07. The van der Waals surface area contributed by atoms with Gasteiger partial charge in [0, 0.05) is 20.8 Å². The molecule has 0 aromatic carbocycles. The molecular weight excluding hydrogens is 144 g/mol. The predicted molar refractivity (Wildman–Crippen MR) is 40.7 cm³/mol. The van der Waals surface area contributed by atoms with Crippen molar-refractivity contribution in [3.8, 4) is 0 Å². The molecule has 0 aliphatic heterocycles. The van der Waals surface area contributed by atoms with Gasteiger partial charge in [-0.2, -0.15) is 0 Å². The summed E-state index contributed by atoms with van der Waals surface area (Å²) in [6, 6.07) is 0. The Bertz CT molecular complexity index is 142. The summed E-state index contributed by atoms with van der Waals surface area (Å²) in [5, 5.41) is 10.1. The van der Waals surface area contributed by atoms with Crippen LogP contribution in [0.5, 0.6) is 0 Å². The second-order valence-corrected chi connectivity index (χ2v) is 3.77. The number of rotatable bonds is 1. The molecule has 0 fully saturated rings. The standard InChI is InChI=1S/C8H16O3/c1-6(2)7(11-9)10-8(3,4)5/h6H,1-5H3. The minimum atomic E-state index is -0.357. The minimum Gasteiger partial charge on any atom is -0.588 e. The van der Waals surface area contributed by atoms with Gasteiger partial charge in [0.05, 0.1) is 0 Å². The molecule has 11 heavy (non-hydrogen) atoms. The molecule has 0 aliphatic rings. The Morgan fingerprint density at radius 2 is 1.82 bits per heavy atom. The van der Waals surface area contributed by atoms with Crippen molar-refractivity contribution >= 4 is 5.97 Å². The average molecular weight is 160 g/mol. The van der Waals surface area contributed by atoms with Gasteiger partial charge >= 0.3 is 5.97 Å². The van der Waals surface area contributed by atoms with Crippen molar-refractivity contribution in [3.05, 3.63) is 0 Å².